The van der Waals surface area contributed by atoms with Gasteiger partial charge in [-0.2, -0.15) is 5.01 Å². The second-order valence-electron chi connectivity index (χ2n) is 8.92. The van der Waals surface area contributed by atoms with Crippen molar-refractivity contribution in [1.29, 1.82) is 0 Å². The number of rotatable bonds is 5. The largest absolute Gasteiger partial charge is 0.464 e. The number of Topliss-reactive ketones (excluding diaryl/α,β-unsaturated/α-hetero) is 1. The summed E-state index contributed by atoms with van der Waals surface area (Å²) in [5, 5.41) is 0.527. The van der Waals surface area contributed by atoms with E-state index in [1.54, 1.807) is 66.7 Å². The van der Waals surface area contributed by atoms with Gasteiger partial charge in [0.25, 0.3) is 0 Å². The van der Waals surface area contributed by atoms with E-state index in [4.69, 9.17) is 14.2 Å². The Morgan fingerprint density at radius 2 is 1.39 bits per heavy atom. The van der Waals surface area contributed by atoms with Crippen molar-refractivity contribution in [3.63, 3.8) is 0 Å². The first-order valence-corrected chi connectivity index (χ1v) is 9.91. The lowest BCUT2D eigenvalue weighted by Gasteiger charge is -2.38. The Balaban J connectivity index is 3.55. The van der Waals surface area contributed by atoms with Crippen molar-refractivity contribution in [2.75, 3.05) is 6.61 Å². The van der Waals surface area contributed by atoms with Crippen LogP contribution >= 0.6 is 0 Å². The minimum Gasteiger partial charge on any atom is -0.464 e. The number of nitrogens with zero attached hydrogens (tertiary/aromatic N) is 1. The Hall–Kier alpha value is -3.10. The van der Waals surface area contributed by atoms with Gasteiger partial charge in [0.15, 0.2) is 0 Å². The molecule has 2 amide bonds. The monoisotopic (exact) mass is 436 g/mol. The van der Waals surface area contributed by atoms with Gasteiger partial charge in [0.05, 0.1) is 6.61 Å². The van der Waals surface area contributed by atoms with Crippen molar-refractivity contribution in [1.82, 2.24) is 10.4 Å². The topological polar surface area (TPSA) is 111 Å². The number of hydrazine groups is 1. The second kappa shape index (κ2) is 9.80. The lowest BCUT2D eigenvalue weighted by molar-refractivity contribution is -0.154. The van der Waals surface area contributed by atoms with Gasteiger partial charge in [-0.1, -0.05) is 30.3 Å². The Kier molecular flexibility index (Phi) is 8.20. The van der Waals surface area contributed by atoms with Crippen LogP contribution in [0.25, 0.3) is 0 Å². The van der Waals surface area contributed by atoms with E-state index in [0.717, 1.165) is 0 Å². The number of hydrogen-bond acceptors (Lipinski definition) is 7. The predicted octanol–water partition coefficient (Wildman–Crippen LogP) is 3.87. The van der Waals surface area contributed by atoms with Crippen molar-refractivity contribution >= 4 is 23.9 Å². The Morgan fingerprint density at radius 3 is 1.84 bits per heavy atom. The van der Waals surface area contributed by atoms with Crippen molar-refractivity contribution in [3.8, 4) is 0 Å². The fraction of sp³-hybridized carbons (Fsp3) is 0.545. The number of hydrogen-bond donors (Lipinski definition) is 1. The lowest BCUT2D eigenvalue weighted by Crippen LogP contribution is -2.67. The van der Waals surface area contributed by atoms with E-state index in [0.29, 0.717) is 5.01 Å². The lowest BCUT2D eigenvalue weighted by atomic mass is 9.90. The minimum atomic E-state index is -2.27. The highest BCUT2D eigenvalue weighted by Gasteiger charge is 2.53. The molecule has 0 aliphatic carbocycles. The highest BCUT2D eigenvalue weighted by Crippen LogP contribution is 2.25. The van der Waals surface area contributed by atoms with E-state index in [-0.39, 0.29) is 12.2 Å². The first-order valence-electron chi connectivity index (χ1n) is 9.91. The van der Waals surface area contributed by atoms with Crippen molar-refractivity contribution in [2.24, 2.45) is 0 Å². The summed E-state index contributed by atoms with van der Waals surface area (Å²) in [6.07, 6.45) is -2.17. The predicted molar refractivity (Wildman–Crippen MR) is 113 cm³/mol. The van der Waals surface area contributed by atoms with E-state index in [9.17, 15) is 19.2 Å². The summed E-state index contributed by atoms with van der Waals surface area (Å²) < 4.78 is 15.6. The van der Waals surface area contributed by atoms with Crippen LogP contribution in [0.3, 0.4) is 0 Å². The Bertz CT molecular complexity index is 809. The molecule has 0 aliphatic heterocycles. The van der Waals surface area contributed by atoms with Crippen LogP contribution in [0.15, 0.2) is 30.3 Å². The van der Waals surface area contributed by atoms with Gasteiger partial charge in [-0.15, -0.1) is 0 Å². The molecule has 0 spiro atoms. The molecule has 172 valence electrons. The first-order chi connectivity index (χ1) is 14.1. The maximum Gasteiger partial charge on any atom is 0.430 e. The number of benzene rings is 1. The van der Waals surface area contributed by atoms with Crippen LogP contribution in [0.5, 0.6) is 0 Å². The fourth-order valence-electron chi connectivity index (χ4n) is 2.47. The molecule has 1 atom stereocenters. The van der Waals surface area contributed by atoms with Gasteiger partial charge in [0, 0.05) is 5.56 Å². The molecule has 0 aromatic heterocycles. The zero-order chi connectivity index (χ0) is 24.0. The maximum atomic E-state index is 13.4. The quantitative estimate of drug-likeness (QED) is 0.245. The van der Waals surface area contributed by atoms with E-state index in [1.807, 2.05) is 0 Å². The molecule has 9 heteroatoms. The number of esters is 1. The summed E-state index contributed by atoms with van der Waals surface area (Å²) in [6, 6.07) is 7.89. The molecule has 1 rings (SSSR count). The minimum absolute atomic E-state index is 0.0505. The van der Waals surface area contributed by atoms with Gasteiger partial charge in [0.1, 0.15) is 11.2 Å². The summed E-state index contributed by atoms with van der Waals surface area (Å²) >= 11 is 0. The average Bonchev–Trinajstić information content (AvgIpc) is 2.63. The Morgan fingerprint density at radius 1 is 0.871 bits per heavy atom. The molecule has 31 heavy (non-hydrogen) atoms. The van der Waals surface area contributed by atoms with Crippen LogP contribution in [0.2, 0.25) is 0 Å². The molecule has 0 heterocycles. The molecule has 0 fully saturated rings. The Labute approximate surface area is 183 Å². The number of carbonyl (C=O) groups excluding carboxylic acids is 4. The third-order valence-corrected chi connectivity index (χ3v) is 3.78. The number of amides is 2. The van der Waals surface area contributed by atoms with Crippen LogP contribution in [0.4, 0.5) is 9.59 Å². The van der Waals surface area contributed by atoms with Crippen LogP contribution < -0.4 is 5.43 Å². The SMILES string of the molecule is CCOC(=O)C(C)(C(=O)c1ccccc1)N(NC(=O)OC(C)(C)C)C(=O)OC(C)(C)C. The summed E-state index contributed by atoms with van der Waals surface area (Å²) in [5.41, 5.74) is -1.80. The summed E-state index contributed by atoms with van der Waals surface area (Å²) in [6.45, 7) is 12.4. The fourth-order valence-corrected chi connectivity index (χ4v) is 2.47. The van der Waals surface area contributed by atoms with Gasteiger partial charge >= 0.3 is 18.2 Å². The molecule has 0 bridgehead atoms. The number of ketones is 1. The first kappa shape index (κ1) is 25.9. The van der Waals surface area contributed by atoms with Crippen molar-refractivity contribution < 1.29 is 33.4 Å². The van der Waals surface area contributed by atoms with Crippen LogP contribution in [-0.2, 0) is 19.0 Å². The molecule has 0 aliphatic rings. The molecule has 9 nitrogen and oxygen atoms in total. The molecule has 0 saturated carbocycles. The third-order valence-electron chi connectivity index (χ3n) is 3.78. The molecule has 0 radical (unpaired) electrons. The molecular formula is C22H32N2O7. The number of carbonyl (C=O) groups is 4. The highest BCUT2D eigenvalue weighted by molar-refractivity contribution is 6.17. The van der Waals surface area contributed by atoms with Crippen LogP contribution in [0, 0.1) is 0 Å². The average molecular weight is 437 g/mol. The van der Waals surface area contributed by atoms with Gasteiger partial charge in [-0.3, -0.25) is 4.79 Å². The van der Waals surface area contributed by atoms with Gasteiger partial charge < -0.3 is 14.2 Å². The smallest absolute Gasteiger partial charge is 0.430 e. The van der Waals surface area contributed by atoms with E-state index < -0.39 is 40.7 Å². The summed E-state index contributed by atoms with van der Waals surface area (Å²) in [7, 11) is 0. The standard InChI is InChI=1S/C22H32N2O7/c1-9-29-17(26)22(8,16(25)15-13-11-10-12-14-15)24(19(28)31-21(5,6)7)23-18(27)30-20(2,3)4/h10-14H,9H2,1-8H3,(H,23,27). The van der Waals surface area contributed by atoms with Crippen molar-refractivity contribution in [3.05, 3.63) is 35.9 Å². The van der Waals surface area contributed by atoms with E-state index in [1.165, 1.54) is 19.1 Å². The summed E-state index contributed by atoms with van der Waals surface area (Å²) in [4.78, 5) is 51.9. The van der Waals surface area contributed by atoms with Crippen LogP contribution in [0.1, 0.15) is 65.7 Å². The zero-order valence-corrected chi connectivity index (χ0v) is 19.4. The number of nitrogens with one attached hydrogen (secondary N) is 1. The van der Waals surface area contributed by atoms with Crippen LogP contribution in [-0.4, -0.2) is 52.3 Å². The molecule has 0 saturated heterocycles. The second-order valence-corrected chi connectivity index (χ2v) is 8.92. The molecule has 1 aromatic rings. The van der Waals surface area contributed by atoms with Gasteiger partial charge in [-0.25, -0.2) is 19.8 Å². The number of ether oxygens (including phenoxy) is 3. The normalized spacial score (nSPS) is 13.4. The zero-order valence-electron chi connectivity index (χ0n) is 19.4. The molecular weight excluding hydrogens is 404 g/mol. The summed E-state index contributed by atoms with van der Waals surface area (Å²) in [5.74, 6) is -1.81. The van der Waals surface area contributed by atoms with E-state index in [2.05, 4.69) is 5.43 Å². The molecule has 1 N–H and O–H groups in total. The van der Waals surface area contributed by atoms with Gasteiger partial charge in [0.2, 0.25) is 11.3 Å². The van der Waals surface area contributed by atoms with E-state index >= 15 is 0 Å². The third kappa shape index (κ3) is 7.27. The highest BCUT2D eigenvalue weighted by atomic mass is 16.6. The molecule has 1 aromatic carbocycles. The van der Waals surface area contributed by atoms with Gasteiger partial charge in [-0.05, 0) is 55.4 Å². The molecule has 1 unspecified atom stereocenters. The maximum absolute atomic E-state index is 13.4. The van der Waals surface area contributed by atoms with Crippen molar-refractivity contribution in [2.45, 2.75) is 72.1 Å².